The number of hydrogen-bond donors (Lipinski definition) is 8. The van der Waals surface area contributed by atoms with Gasteiger partial charge in [0, 0.05) is 13.1 Å². The highest BCUT2D eigenvalue weighted by molar-refractivity contribution is 7.97. The lowest BCUT2D eigenvalue weighted by atomic mass is 10.2. The molecule has 0 aliphatic rings. The fraction of sp³-hybridized carbons (Fsp3) is 0.714. The highest BCUT2D eigenvalue weighted by Gasteiger charge is 2.39. The first-order valence-corrected chi connectivity index (χ1v) is 12.8. The van der Waals surface area contributed by atoms with Crippen LogP contribution in [0.5, 0.6) is 0 Å². The van der Waals surface area contributed by atoms with E-state index in [9.17, 15) is 18.3 Å². The van der Waals surface area contributed by atoms with Crippen molar-refractivity contribution in [2.24, 2.45) is 9.98 Å². The summed E-state index contributed by atoms with van der Waals surface area (Å²) in [5.74, 6) is 0. The summed E-state index contributed by atoms with van der Waals surface area (Å²) < 4.78 is 43.7. The van der Waals surface area contributed by atoms with Crippen LogP contribution in [0.15, 0.2) is 9.98 Å². The maximum Gasteiger partial charge on any atom is 0.382 e. The van der Waals surface area contributed by atoms with E-state index >= 15 is 0 Å². The zero-order valence-electron chi connectivity index (χ0n) is 12.4. The molecule has 0 bridgehead atoms. The Labute approximate surface area is 141 Å². The molecule has 0 fully saturated rings. The highest BCUT2D eigenvalue weighted by atomic mass is 31.2. The molecule has 0 saturated heterocycles. The van der Waals surface area contributed by atoms with Crippen molar-refractivity contribution in [3.05, 3.63) is 0 Å². The highest BCUT2D eigenvalue weighted by Crippen LogP contribution is 2.55. The molecule has 0 aromatic heterocycles. The van der Waals surface area contributed by atoms with Gasteiger partial charge in [-0.15, -0.1) is 0 Å². The van der Waals surface area contributed by atoms with Gasteiger partial charge >= 0.3 is 30.4 Å². The van der Waals surface area contributed by atoms with Crippen LogP contribution in [-0.2, 0) is 18.3 Å². The first-order valence-electron chi connectivity index (χ1n) is 6.30. The topological polar surface area (TPSA) is 255 Å². The summed E-state index contributed by atoms with van der Waals surface area (Å²) in [4.78, 5) is 76.7. The smallest absolute Gasteiger partial charge is 0.320 e. The third-order valence-electron chi connectivity index (χ3n) is 2.36. The summed E-state index contributed by atoms with van der Waals surface area (Å²) in [7, 11) is -20.9. The molecule has 0 unspecified atom stereocenters. The summed E-state index contributed by atoms with van der Waals surface area (Å²) in [6.07, 6.45) is 0.360. The molecule has 0 spiro atoms. The first kappa shape index (κ1) is 24.9. The summed E-state index contributed by atoms with van der Waals surface area (Å²) in [6.45, 7) is -0.696. The third-order valence-corrected chi connectivity index (χ3v) is 8.14. The SMILES string of the molecule is O=P(O)(O)C(=NCCCCCN=C(P(=O)(O)O)P(=O)(O)O)P(=O)(O)O. The summed E-state index contributed by atoms with van der Waals surface area (Å²) in [6, 6.07) is 0. The average molecular weight is 446 g/mol. The van der Waals surface area contributed by atoms with E-state index in [-0.39, 0.29) is 32.4 Å². The third kappa shape index (κ3) is 10.0. The zero-order valence-corrected chi connectivity index (χ0v) is 16.0. The molecule has 0 radical (unpaired) electrons. The van der Waals surface area contributed by atoms with Gasteiger partial charge < -0.3 is 39.1 Å². The van der Waals surface area contributed by atoms with Crippen LogP contribution < -0.4 is 0 Å². The van der Waals surface area contributed by atoms with Crippen molar-refractivity contribution >= 4 is 40.8 Å². The molecule has 8 N–H and O–H groups in total. The van der Waals surface area contributed by atoms with E-state index < -0.39 is 40.8 Å². The number of hydrogen-bond acceptors (Lipinski definition) is 6. The average Bonchev–Trinajstić information content (AvgIpc) is 2.30. The minimum atomic E-state index is -5.22. The Balaban J connectivity index is 4.66. The largest absolute Gasteiger partial charge is 0.382 e. The van der Waals surface area contributed by atoms with Crippen molar-refractivity contribution in [1.29, 1.82) is 0 Å². The molecule has 14 nitrogen and oxygen atoms in total. The van der Waals surface area contributed by atoms with E-state index in [1.54, 1.807) is 0 Å². The van der Waals surface area contributed by atoms with E-state index in [4.69, 9.17) is 39.1 Å². The Morgan fingerprint density at radius 1 is 0.520 bits per heavy atom. The van der Waals surface area contributed by atoms with Crippen molar-refractivity contribution in [3.8, 4) is 0 Å². The predicted octanol–water partition coefficient (Wildman–Crippen LogP) is -0.421. The van der Waals surface area contributed by atoms with Crippen molar-refractivity contribution in [3.63, 3.8) is 0 Å². The van der Waals surface area contributed by atoms with Crippen LogP contribution in [0.25, 0.3) is 0 Å². The number of nitrogens with zero attached hydrogens (tertiary/aromatic N) is 2. The Morgan fingerprint density at radius 2 is 0.760 bits per heavy atom. The minimum absolute atomic E-state index is 0.0835. The van der Waals surface area contributed by atoms with Gasteiger partial charge in [0.1, 0.15) is 0 Å². The quantitative estimate of drug-likeness (QED) is 0.121. The van der Waals surface area contributed by atoms with Crippen molar-refractivity contribution in [2.75, 3.05) is 13.1 Å². The molecule has 0 atom stereocenters. The van der Waals surface area contributed by atoms with Gasteiger partial charge in [0.25, 0.3) is 0 Å². The Bertz CT molecular complexity index is 599. The summed E-state index contributed by atoms with van der Waals surface area (Å²) in [5.41, 5.74) is 0. The molecular formula is C7H18N2O12P4. The standard InChI is InChI=1S/C7H18N2O12P4/c10-22(11,12)6(23(13,14)15)8-4-2-1-3-5-9-7(24(16,17)18)25(19,20)21/h1-5H2,(H2,10,11,12)(H2,13,14,15)(H2,16,17,18)(H2,19,20,21). The van der Waals surface area contributed by atoms with E-state index in [1.165, 1.54) is 0 Å². The van der Waals surface area contributed by atoms with Gasteiger partial charge in [0.05, 0.1) is 0 Å². The molecule has 0 aliphatic heterocycles. The van der Waals surface area contributed by atoms with Gasteiger partial charge in [0.15, 0.2) is 0 Å². The van der Waals surface area contributed by atoms with Crippen molar-refractivity contribution in [1.82, 2.24) is 0 Å². The van der Waals surface area contributed by atoms with Crippen molar-refractivity contribution in [2.45, 2.75) is 19.3 Å². The van der Waals surface area contributed by atoms with Crippen LogP contribution in [0.3, 0.4) is 0 Å². The van der Waals surface area contributed by atoms with Gasteiger partial charge in [-0.25, -0.2) is 0 Å². The Morgan fingerprint density at radius 3 is 0.960 bits per heavy atom. The lowest BCUT2D eigenvalue weighted by Crippen LogP contribution is -2.03. The van der Waals surface area contributed by atoms with E-state index in [0.717, 1.165) is 0 Å². The normalized spacial score (nSPS) is 13.4. The van der Waals surface area contributed by atoms with Gasteiger partial charge in [-0.1, -0.05) is 0 Å². The second-order valence-electron chi connectivity index (χ2n) is 4.60. The molecule has 0 aromatic rings. The molecule has 0 heterocycles. The predicted molar refractivity (Wildman–Crippen MR) is 86.6 cm³/mol. The molecular weight excluding hydrogens is 428 g/mol. The number of unbranched alkanes of at least 4 members (excludes halogenated alkanes) is 2. The van der Waals surface area contributed by atoms with E-state index in [0.29, 0.717) is 0 Å². The van der Waals surface area contributed by atoms with Crippen LogP contribution in [0.2, 0.25) is 0 Å². The molecule has 18 heteroatoms. The number of aliphatic imine (C=N–C) groups is 2. The van der Waals surface area contributed by atoms with Crippen LogP contribution in [0.1, 0.15) is 19.3 Å². The maximum atomic E-state index is 10.9. The van der Waals surface area contributed by atoms with Gasteiger partial charge in [0.2, 0.25) is 10.4 Å². The van der Waals surface area contributed by atoms with E-state index in [2.05, 4.69) is 9.98 Å². The maximum absolute atomic E-state index is 10.9. The first-order chi connectivity index (χ1) is 11.0. The fourth-order valence-electron chi connectivity index (χ4n) is 1.47. The fourth-order valence-corrected chi connectivity index (χ4v) is 5.32. The van der Waals surface area contributed by atoms with Gasteiger partial charge in [-0.2, -0.15) is 0 Å². The second kappa shape index (κ2) is 9.23. The minimum Gasteiger partial charge on any atom is -0.320 e. The molecule has 25 heavy (non-hydrogen) atoms. The molecule has 0 aromatic carbocycles. The van der Waals surface area contributed by atoms with Crippen LogP contribution in [-0.4, -0.2) is 62.6 Å². The number of rotatable bonds is 10. The molecule has 0 aliphatic carbocycles. The van der Waals surface area contributed by atoms with Crippen LogP contribution in [0, 0.1) is 0 Å². The lowest BCUT2D eigenvalue weighted by Gasteiger charge is -2.10. The zero-order chi connectivity index (χ0) is 20.1. The molecule has 0 amide bonds. The van der Waals surface area contributed by atoms with Crippen LogP contribution in [0.4, 0.5) is 0 Å². The Kier molecular flexibility index (Phi) is 9.21. The summed E-state index contributed by atoms with van der Waals surface area (Å²) >= 11 is 0. The molecule has 0 saturated carbocycles. The second-order valence-corrected chi connectivity index (χ2v) is 11.4. The summed E-state index contributed by atoms with van der Waals surface area (Å²) in [5, 5.41) is -3.08. The van der Waals surface area contributed by atoms with Gasteiger partial charge in [-0.3, -0.25) is 28.2 Å². The Hall–Kier alpha value is -0.0600. The van der Waals surface area contributed by atoms with E-state index in [1.807, 2.05) is 0 Å². The van der Waals surface area contributed by atoms with Gasteiger partial charge in [-0.05, 0) is 19.3 Å². The monoisotopic (exact) mass is 446 g/mol. The van der Waals surface area contributed by atoms with Crippen molar-refractivity contribution < 1.29 is 57.4 Å². The van der Waals surface area contributed by atoms with Crippen LogP contribution >= 0.6 is 30.4 Å². The lowest BCUT2D eigenvalue weighted by molar-refractivity contribution is 0.376. The molecule has 0 rings (SSSR count). The molecule has 148 valence electrons.